The monoisotopic (exact) mass is 1080 g/mol. The van der Waals surface area contributed by atoms with E-state index in [1.165, 1.54) is 0 Å². The maximum Gasteiger partial charge on any atom is 0.326 e. The normalized spacial score (nSPS) is 11.6. The summed E-state index contributed by atoms with van der Waals surface area (Å²) < 4.78 is 24.9. The molecule has 0 spiro atoms. The molecule has 0 saturated carbocycles. The van der Waals surface area contributed by atoms with E-state index in [4.69, 9.17) is 18.6 Å². The number of aromatic nitrogens is 3. The fraction of sp³-hybridized carbons (Fsp3) is 0.152. The van der Waals surface area contributed by atoms with Gasteiger partial charge in [0, 0.05) is 58.5 Å². The molecule has 408 valence electrons. The maximum absolute atomic E-state index is 13.1. The van der Waals surface area contributed by atoms with Gasteiger partial charge in [-0.2, -0.15) is 0 Å². The second-order valence-electron chi connectivity index (χ2n) is 18.9. The zero-order valence-electron chi connectivity index (χ0n) is 44.6. The van der Waals surface area contributed by atoms with Crippen LogP contribution in [0, 0.1) is 6.92 Å². The highest BCUT2D eigenvalue weighted by atomic mass is 16.5. The number of carbonyl (C=O) groups excluding carboxylic acids is 2. The van der Waals surface area contributed by atoms with E-state index >= 15 is 0 Å². The van der Waals surface area contributed by atoms with Crippen molar-refractivity contribution in [2.45, 2.75) is 44.8 Å². The topological polar surface area (TPSA) is 204 Å². The van der Waals surface area contributed by atoms with Crippen LogP contribution in [-0.2, 0) is 35.4 Å². The number of nitrogens with one attached hydrogen (secondary N) is 2. The molecule has 0 amide bonds. The number of methoxy groups -OCH3 is 1. The summed E-state index contributed by atoms with van der Waals surface area (Å²) in [6.45, 7) is 3.42. The molecule has 15 nitrogen and oxygen atoms in total. The molecule has 10 aromatic rings. The number of fused-ring (bicyclic) bond motifs is 1. The Labute approximate surface area is 468 Å². The number of ether oxygens (including phenoxy) is 3. The number of hydrogen-bond acceptors (Lipinski definition) is 12. The van der Waals surface area contributed by atoms with Crippen LogP contribution in [0.1, 0.15) is 54.4 Å². The summed E-state index contributed by atoms with van der Waals surface area (Å²) in [7, 11) is 1.62. The molecule has 0 aliphatic carbocycles. The molecule has 2 heterocycles. The lowest BCUT2D eigenvalue weighted by Crippen LogP contribution is -2.32. The number of carbonyl (C=O) groups is 4. The van der Waals surface area contributed by atoms with Gasteiger partial charge in [0.25, 0.3) is 0 Å². The highest BCUT2D eigenvalue weighted by molar-refractivity contribution is 6.13. The summed E-state index contributed by atoms with van der Waals surface area (Å²) in [6.07, 6.45) is 2.83. The Hall–Kier alpha value is -10.3. The number of hydrogen-bond donors (Lipinski definition) is 4. The third kappa shape index (κ3) is 14.7. The number of nitrogens with zero attached hydrogens (tertiary/aromatic N) is 3. The number of carboxylic acids is 2. The van der Waals surface area contributed by atoms with E-state index in [1.54, 1.807) is 104 Å². The maximum atomic E-state index is 13.1. The van der Waals surface area contributed by atoms with Crippen LogP contribution in [0.15, 0.2) is 217 Å². The quantitative estimate of drug-likeness (QED) is 0.0416. The number of ketones is 2. The van der Waals surface area contributed by atoms with E-state index in [-0.39, 0.29) is 24.4 Å². The molecular formula is C66H59N5O10. The van der Waals surface area contributed by atoms with Crippen molar-refractivity contribution in [3.63, 3.8) is 0 Å². The molecule has 10 rings (SSSR count). The van der Waals surface area contributed by atoms with Crippen LogP contribution < -0.4 is 24.8 Å². The number of carboxylic acid groups (broad SMARTS) is 2. The fourth-order valence-corrected chi connectivity index (χ4v) is 9.03. The summed E-state index contributed by atoms with van der Waals surface area (Å²) in [5, 5.41) is 26.0. The van der Waals surface area contributed by atoms with Crippen molar-refractivity contribution >= 4 is 45.9 Å². The van der Waals surface area contributed by atoms with Crippen LogP contribution in [0.2, 0.25) is 0 Å². The van der Waals surface area contributed by atoms with Crippen molar-refractivity contribution in [1.29, 1.82) is 0 Å². The number of oxazole rings is 1. The van der Waals surface area contributed by atoms with E-state index in [9.17, 15) is 29.4 Å². The van der Waals surface area contributed by atoms with Crippen LogP contribution in [0.5, 0.6) is 17.2 Å². The third-order valence-corrected chi connectivity index (χ3v) is 13.4. The summed E-state index contributed by atoms with van der Waals surface area (Å²) in [6, 6.07) is 60.2. The zero-order chi connectivity index (χ0) is 56.5. The molecule has 2 aromatic heterocycles. The van der Waals surface area contributed by atoms with Gasteiger partial charge in [0.1, 0.15) is 41.7 Å². The summed E-state index contributed by atoms with van der Waals surface area (Å²) in [5.74, 6) is 1.07. The van der Waals surface area contributed by atoms with E-state index in [1.807, 2.05) is 127 Å². The molecule has 2 atom stereocenters. The van der Waals surface area contributed by atoms with Gasteiger partial charge in [-0.05, 0) is 103 Å². The molecule has 1 unspecified atom stereocenters. The molecule has 0 bridgehead atoms. The van der Waals surface area contributed by atoms with Gasteiger partial charge >= 0.3 is 11.9 Å². The molecule has 0 aliphatic rings. The molecular weight excluding hydrogens is 1020 g/mol. The van der Waals surface area contributed by atoms with E-state index in [0.717, 1.165) is 44.9 Å². The van der Waals surface area contributed by atoms with Gasteiger partial charge < -0.3 is 44.0 Å². The Morgan fingerprint density at radius 3 is 1.54 bits per heavy atom. The number of para-hydroxylation sites is 4. The highest BCUT2D eigenvalue weighted by Crippen LogP contribution is 2.27. The highest BCUT2D eigenvalue weighted by Gasteiger charge is 2.23. The minimum absolute atomic E-state index is 0.164. The van der Waals surface area contributed by atoms with Crippen LogP contribution in [0.4, 0.5) is 11.4 Å². The lowest BCUT2D eigenvalue weighted by molar-refractivity contribution is -0.138. The SMILES string of the molecule is COc1ccc(-c2nc(CCOc3ccc(CC(Nc4ccccc4C(=O)c4ccccc4)C(=O)O)cc3)c(C)o2)cc1.O=C(c1ccccc1)c1ccccc1N[C@@H](Cc1ccc(OCCn2cnc3ccccc32)cc1)C(=O)O. The predicted molar refractivity (Wildman–Crippen MR) is 311 cm³/mol. The first kappa shape index (κ1) is 55.5. The lowest BCUT2D eigenvalue weighted by atomic mass is 10.00. The van der Waals surface area contributed by atoms with Gasteiger partial charge in [-0.25, -0.2) is 19.6 Å². The van der Waals surface area contributed by atoms with E-state index in [2.05, 4.69) is 20.6 Å². The molecule has 8 aromatic carbocycles. The second kappa shape index (κ2) is 26.9. The second-order valence-corrected chi connectivity index (χ2v) is 18.9. The first-order valence-corrected chi connectivity index (χ1v) is 26.3. The van der Waals surface area contributed by atoms with Crippen LogP contribution in [0.3, 0.4) is 0 Å². The van der Waals surface area contributed by atoms with Crippen molar-refractivity contribution in [2.24, 2.45) is 0 Å². The Morgan fingerprint density at radius 1 is 0.556 bits per heavy atom. The van der Waals surface area contributed by atoms with Crippen molar-refractivity contribution in [2.75, 3.05) is 31.0 Å². The van der Waals surface area contributed by atoms with E-state index < -0.39 is 24.0 Å². The molecule has 4 N–H and O–H groups in total. The van der Waals surface area contributed by atoms with Crippen LogP contribution in [0.25, 0.3) is 22.5 Å². The van der Waals surface area contributed by atoms with Crippen LogP contribution in [-0.4, -0.2) is 80.7 Å². The number of imidazole rings is 1. The number of aryl methyl sites for hydroxylation is 1. The Morgan fingerprint density at radius 2 is 1.02 bits per heavy atom. The minimum atomic E-state index is -1.01. The van der Waals surface area contributed by atoms with Crippen molar-refractivity contribution in [1.82, 2.24) is 14.5 Å². The molecule has 0 aliphatic heterocycles. The number of aliphatic carboxylic acids is 2. The Kier molecular flexibility index (Phi) is 18.4. The molecule has 0 radical (unpaired) electrons. The van der Waals surface area contributed by atoms with Gasteiger partial charge in [0.2, 0.25) is 5.89 Å². The predicted octanol–water partition coefficient (Wildman–Crippen LogP) is 12.1. The summed E-state index contributed by atoms with van der Waals surface area (Å²) in [4.78, 5) is 59.4. The van der Waals surface area contributed by atoms with Gasteiger partial charge in [-0.15, -0.1) is 0 Å². The fourth-order valence-electron chi connectivity index (χ4n) is 9.03. The Balaban J connectivity index is 0.000000197. The zero-order valence-corrected chi connectivity index (χ0v) is 44.6. The van der Waals surface area contributed by atoms with Crippen molar-refractivity contribution < 1.29 is 48.0 Å². The Bertz CT molecular complexity index is 3710. The molecule has 0 saturated heterocycles. The standard InChI is InChI=1S/C35H32N2O6.C31H27N3O4/c1-23-30(37-34(43-23)26-14-18-27(41-2)19-15-26)20-21-42-28-16-12-24(13-17-28)22-32(35(39)40)36-31-11-7-6-10-29(31)33(38)25-8-4-3-5-9-25;35-30(23-8-2-1-3-9-23)25-10-4-5-11-26(25)33-28(31(36)37)20-22-14-16-24(17-15-22)38-19-18-34-21-32-27-12-6-7-13-29(27)34/h3-19,32,36H,20-22H2,1-2H3,(H,39,40);1-17,21,28,33H,18-20H2,(H,36,37)/t;28-/m.0/s1. The third-order valence-electron chi connectivity index (χ3n) is 13.4. The number of benzene rings is 8. The first-order chi connectivity index (χ1) is 39.5. The minimum Gasteiger partial charge on any atom is -0.497 e. The largest absolute Gasteiger partial charge is 0.497 e. The van der Waals surface area contributed by atoms with Crippen molar-refractivity contribution in [3.8, 4) is 28.7 Å². The van der Waals surface area contributed by atoms with Crippen LogP contribution >= 0.6 is 0 Å². The van der Waals surface area contributed by atoms with E-state index in [0.29, 0.717) is 77.2 Å². The smallest absolute Gasteiger partial charge is 0.326 e. The van der Waals surface area contributed by atoms with Gasteiger partial charge in [-0.3, -0.25) is 9.59 Å². The molecule has 81 heavy (non-hydrogen) atoms. The lowest BCUT2D eigenvalue weighted by Gasteiger charge is -2.18. The number of anilines is 2. The van der Waals surface area contributed by atoms with Crippen molar-refractivity contribution in [3.05, 3.63) is 257 Å². The van der Waals surface area contributed by atoms with Gasteiger partial charge in [0.15, 0.2) is 11.6 Å². The molecule has 15 heteroatoms. The van der Waals surface area contributed by atoms with Gasteiger partial charge in [0.05, 0.1) is 43.3 Å². The average molecular weight is 1080 g/mol. The average Bonchev–Trinajstić information content (AvgIpc) is 4.10. The van der Waals surface area contributed by atoms with Gasteiger partial charge in [-0.1, -0.05) is 121 Å². The summed E-state index contributed by atoms with van der Waals surface area (Å²) in [5.41, 5.74) is 8.25. The molecule has 0 fully saturated rings. The summed E-state index contributed by atoms with van der Waals surface area (Å²) >= 11 is 0. The first-order valence-electron chi connectivity index (χ1n) is 26.3. The number of rotatable bonds is 24.